The number of carbonyl (C=O) groups is 1. The molecule has 3 aliphatic rings. The Morgan fingerprint density at radius 2 is 1.84 bits per heavy atom. The molecular weight excluding hydrogens is 518 g/mol. The first-order valence-electron chi connectivity index (χ1n) is 12.8. The Morgan fingerprint density at radius 3 is 2.63 bits per heavy atom. The monoisotopic (exact) mass is 543 g/mol. The Hall–Kier alpha value is -3.33. The number of nitrogens with one attached hydrogen (secondary N) is 1. The molecule has 9 heteroatoms. The van der Waals surface area contributed by atoms with Crippen molar-refractivity contribution in [1.29, 1.82) is 0 Å². The Kier molecular flexibility index (Phi) is 5.54. The van der Waals surface area contributed by atoms with Crippen molar-refractivity contribution in [2.45, 2.75) is 58.3 Å². The lowest BCUT2D eigenvalue weighted by atomic mass is 9.91. The van der Waals surface area contributed by atoms with Crippen LogP contribution >= 0.6 is 22.9 Å². The summed E-state index contributed by atoms with van der Waals surface area (Å²) in [5.74, 6) is 1.32. The third kappa shape index (κ3) is 3.73. The predicted octanol–water partition coefficient (Wildman–Crippen LogP) is 6.73. The van der Waals surface area contributed by atoms with Crippen molar-refractivity contribution >= 4 is 40.2 Å². The van der Waals surface area contributed by atoms with Gasteiger partial charge in [-0.2, -0.15) is 0 Å². The molecule has 0 spiro atoms. The molecule has 0 saturated carbocycles. The lowest BCUT2D eigenvalue weighted by Gasteiger charge is -2.15. The molecule has 2 aromatic heterocycles. The van der Waals surface area contributed by atoms with E-state index in [1.165, 1.54) is 16.0 Å². The van der Waals surface area contributed by atoms with Gasteiger partial charge in [0.15, 0.2) is 5.82 Å². The second-order valence-electron chi connectivity index (χ2n) is 10.2. The lowest BCUT2D eigenvalue weighted by molar-refractivity contribution is -0.116. The zero-order valence-electron chi connectivity index (χ0n) is 21.3. The fourth-order valence-corrected chi connectivity index (χ4v) is 7.18. The quantitative estimate of drug-likeness (QED) is 0.309. The molecule has 0 aliphatic carbocycles. The number of anilines is 1. The Balaban J connectivity index is 1.27. The molecule has 1 saturated heterocycles. The number of halogens is 1. The number of carbonyl (C=O) groups excluding carboxylic acids is 1. The van der Waals surface area contributed by atoms with Gasteiger partial charge < -0.3 is 10.1 Å². The van der Waals surface area contributed by atoms with Crippen LogP contribution in [-0.4, -0.2) is 26.4 Å². The van der Waals surface area contributed by atoms with E-state index in [9.17, 15) is 4.79 Å². The van der Waals surface area contributed by atoms with Crippen molar-refractivity contribution in [3.05, 3.63) is 91.8 Å². The molecule has 7 rings (SSSR count). The fourth-order valence-electron chi connectivity index (χ4n) is 5.84. The first-order valence-corrected chi connectivity index (χ1v) is 14.0. The third-order valence-electron chi connectivity index (χ3n) is 7.82. The van der Waals surface area contributed by atoms with Crippen LogP contribution in [0.5, 0.6) is 0 Å². The van der Waals surface area contributed by atoms with Crippen LogP contribution in [0.25, 0.3) is 5.00 Å². The third-order valence-corrected chi connectivity index (χ3v) is 9.26. The van der Waals surface area contributed by atoms with Gasteiger partial charge in [0.25, 0.3) is 0 Å². The van der Waals surface area contributed by atoms with Gasteiger partial charge in [-0.3, -0.25) is 14.4 Å². The van der Waals surface area contributed by atoms with Crippen LogP contribution < -0.4 is 5.32 Å². The van der Waals surface area contributed by atoms with E-state index in [2.05, 4.69) is 46.1 Å². The Morgan fingerprint density at radius 1 is 1.08 bits per heavy atom. The molecule has 38 heavy (non-hydrogen) atoms. The number of aliphatic imine (C=N–C) groups is 1. The summed E-state index contributed by atoms with van der Waals surface area (Å²) in [7, 11) is 0. The largest absolute Gasteiger partial charge is 0.366 e. The summed E-state index contributed by atoms with van der Waals surface area (Å²) in [5.41, 5.74) is 7.23. The van der Waals surface area contributed by atoms with Gasteiger partial charge in [-0.15, -0.1) is 21.5 Å². The summed E-state index contributed by atoms with van der Waals surface area (Å²) >= 11 is 7.90. The minimum Gasteiger partial charge on any atom is -0.366 e. The zero-order chi connectivity index (χ0) is 26.1. The summed E-state index contributed by atoms with van der Waals surface area (Å²) < 4.78 is 8.09. The number of aromatic nitrogens is 3. The number of ether oxygens (including phenoxy) is 1. The summed E-state index contributed by atoms with van der Waals surface area (Å²) in [5, 5.41) is 13.7. The van der Waals surface area contributed by atoms with Crippen molar-refractivity contribution in [2.24, 2.45) is 4.99 Å². The fraction of sp³-hybridized carbons (Fsp3) is 0.310. The average Bonchev–Trinajstić information content (AvgIpc) is 3.65. The summed E-state index contributed by atoms with van der Waals surface area (Å²) in [4.78, 5) is 19.8. The van der Waals surface area contributed by atoms with Crippen molar-refractivity contribution in [3.63, 3.8) is 0 Å². The molecule has 192 valence electrons. The second-order valence-corrected chi connectivity index (χ2v) is 11.8. The van der Waals surface area contributed by atoms with Crippen molar-refractivity contribution in [2.75, 3.05) is 5.32 Å². The minimum absolute atomic E-state index is 0.122. The van der Waals surface area contributed by atoms with E-state index < -0.39 is 6.04 Å². The average molecular weight is 544 g/mol. The van der Waals surface area contributed by atoms with E-state index in [1.807, 2.05) is 37.3 Å². The molecular formula is C29H26ClN5O2S. The molecule has 3 aliphatic heterocycles. The summed E-state index contributed by atoms with van der Waals surface area (Å²) in [6.07, 6.45) is 2.60. The maximum absolute atomic E-state index is 13.4. The molecule has 1 amide bonds. The Bertz CT molecular complexity index is 1640. The standard InChI is InChI=1S/C29H26ClN5O2S/c1-14-15(2)38-29-26(14)27(17-4-6-18(30)7-5-17)32-22(28-34-33-16(3)35(28)29)13-25(36)31-19-8-9-20-21(12-19)24-11-10-23(20)37-24/h4-9,12,22-24H,10-11,13H2,1-3H3,(H,31,36)/t22-,23-,24+/m0/s1. The van der Waals surface area contributed by atoms with E-state index in [4.69, 9.17) is 21.3 Å². The highest BCUT2D eigenvalue weighted by Crippen LogP contribution is 2.51. The molecule has 7 nitrogen and oxygen atoms in total. The minimum atomic E-state index is -0.505. The number of fused-ring (bicyclic) bond motifs is 8. The van der Waals surface area contributed by atoms with Crippen LogP contribution in [0.1, 0.15) is 81.9 Å². The molecule has 2 aromatic carbocycles. The van der Waals surface area contributed by atoms with E-state index in [-0.39, 0.29) is 24.5 Å². The molecule has 0 radical (unpaired) electrons. The number of hydrogen-bond acceptors (Lipinski definition) is 6. The number of amides is 1. The van der Waals surface area contributed by atoms with Gasteiger partial charge in [0.2, 0.25) is 5.91 Å². The molecule has 1 fully saturated rings. The SMILES string of the molecule is Cc1sc2c(c1C)C(c1ccc(Cl)cc1)=N[C@@H](CC(=O)Nc1ccc3c(c1)[C@H]1CC[C@@H]3O1)c1nnc(C)n1-2. The van der Waals surface area contributed by atoms with Crippen molar-refractivity contribution in [1.82, 2.24) is 14.8 Å². The summed E-state index contributed by atoms with van der Waals surface area (Å²) in [6, 6.07) is 13.3. The Labute approximate surface area is 229 Å². The van der Waals surface area contributed by atoms with E-state index in [0.717, 1.165) is 51.8 Å². The second kappa shape index (κ2) is 8.86. The molecule has 0 unspecified atom stereocenters. The van der Waals surface area contributed by atoms with Crippen LogP contribution in [0, 0.1) is 20.8 Å². The maximum Gasteiger partial charge on any atom is 0.227 e. The molecule has 1 N–H and O–H groups in total. The lowest BCUT2D eigenvalue weighted by Crippen LogP contribution is -2.17. The van der Waals surface area contributed by atoms with Gasteiger partial charge in [0, 0.05) is 26.7 Å². The topological polar surface area (TPSA) is 81.4 Å². The molecule has 5 heterocycles. The predicted molar refractivity (Wildman–Crippen MR) is 149 cm³/mol. The van der Waals surface area contributed by atoms with E-state index >= 15 is 0 Å². The van der Waals surface area contributed by atoms with Gasteiger partial charge in [-0.25, -0.2) is 0 Å². The highest BCUT2D eigenvalue weighted by molar-refractivity contribution is 7.15. The summed E-state index contributed by atoms with van der Waals surface area (Å²) in [6.45, 7) is 6.17. The highest BCUT2D eigenvalue weighted by atomic mass is 35.5. The number of nitrogens with zero attached hydrogens (tertiary/aromatic N) is 4. The smallest absolute Gasteiger partial charge is 0.227 e. The van der Waals surface area contributed by atoms with Crippen LogP contribution in [-0.2, 0) is 9.53 Å². The van der Waals surface area contributed by atoms with E-state index in [0.29, 0.717) is 10.8 Å². The van der Waals surface area contributed by atoms with Crippen LogP contribution in [0.3, 0.4) is 0 Å². The van der Waals surface area contributed by atoms with Gasteiger partial charge in [-0.1, -0.05) is 29.8 Å². The molecule has 2 bridgehead atoms. The van der Waals surface area contributed by atoms with Gasteiger partial charge in [-0.05, 0) is 74.6 Å². The first kappa shape index (κ1) is 23.8. The molecule has 4 aromatic rings. The number of hydrogen-bond donors (Lipinski definition) is 1. The van der Waals surface area contributed by atoms with Crippen LogP contribution in [0.4, 0.5) is 5.69 Å². The van der Waals surface area contributed by atoms with Crippen LogP contribution in [0.15, 0.2) is 47.5 Å². The first-order chi connectivity index (χ1) is 18.4. The van der Waals surface area contributed by atoms with Gasteiger partial charge in [0.1, 0.15) is 16.9 Å². The van der Waals surface area contributed by atoms with Gasteiger partial charge >= 0.3 is 0 Å². The van der Waals surface area contributed by atoms with Crippen LogP contribution in [0.2, 0.25) is 5.02 Å². The van der Waals surface area contributed by atoms with Crippen molar-refractivity contribution in [3.8, 4) is 5.00 Å². The number of benzene rings is 2. The van der Waals surface area contributed by atoms with Gasteiger partial charge in [0.05, 0.1) is 24.3 Å². The molecule has 3 atom stereocenters. The number of aryl methyl sites for hydroxylation is 2. The maximum atomic E-state index is 13.4. The zero-order valence-corrected chi connectivity index (χ0v) is 22.9. The normalized spacial score (nSPS) is 20.9. The highest BCUT2D eigenvalue weighted by Gasteiger charge is 2.38. The number of thiophene rings is 1. The number of rotatable bonds is 4. The van der Waals surface area contributed by atoms with E-state index in [1.54, 1.807) is 11.3 Å². The van der Waals surface area contributed by atoms with Crippen molar-refractivity contribution < 1.29 is 9.53 Å².